The van der Waals surface area contributed by atoms with Gasteiger partial charge >= 0.3 is 0 Å². The summed E-state index contributed by atoms with van der Waals surface area (Å²) in [5.41, 5.74) is 1.23. The summed E-state index contributed by atoms with van der Waals surface area (Å²) in [5, 5.41) is 12.0. The van der Waals surface area contributed by atoms with Gasteiger partial charge < -0.3 is 14.6 Å². The number of hydrogen-bond donors (Lipinski definition) is 1. The van der Waals surface area contributed by atoms with E-state index in [1.165, 1.54) is 5.56 Å². The predicted octanol–water partition coefficient (Wildman–Crippen LogP) is 0.906. The van der Waals surface area contributed by atoms with Crippen molar-refractivity contribution in [2.24, 2.45) is 0 Å². The highest BCUT2D eigenvalue weighted by molar-refractivity contribution is 5.42. The van der Waals surface area contributed by atoms with Crippen LogP contribution >= 0.6 is 0 Å². The van der Waals surface area contributed by atoms with Crippen molar-refractivity contribution < 1.29 is 4.74 Å². The van der Waals surface area contributed by atoms with Gasteiger partial charge in [0.2, 0.25) is 0 Å². The molecule has 92 valence electrons. The number of fused-ring (bicyclic) bond motifs is 2. The third kappa shape index (κ3) is 1.37. The van der Waals surface area contributed by atoms with E-state index in [9.17, 15) is 0 Å². The number of nitrogens with zero attached hydrogens (tertiary/aromatic N) is 3. The summed E-state index contributed by atoms with van der Waals surface area (Å²) >= 11 is 0. The molecule has 1 aromatic heterocycles. The summed E-state index contributed by atoms with van der Waals surface area (Å²) in [6.07, 6.45) is 0. The molecular weight excluding hydrogens is 228 g/mol. The molecule has 0 aliphatic carbocycles. The number of hydrogen-bond acceptors (Lipinski definition) is 4. The summed E-state index contributed by atoms with van der Waals surface area (Å²) in [5.74, 6) is 3.27. The maximum atomic E-state index is 5.73. The van der Waals surface area contributed by atoms with E-state index in [0.717, 1.165) is 37.0 Å². The van der Waals surface area contributed by atoms with E-state index in [0.29, 0.717) is 6.61 Å². The average Bonchev–Trinajstić information content (AvgIpc) is 3.01. The third-order valence-electron chi connectivity index (χ3n) is 3.66. The van der Waals surface area contributed by atoms with Crippen LogP contribution in [0.5, 0.6) is 5.75 Å². The highest BCUT2D eigenvalue weighted by Gasteiger charge is 2.30. The zero-order chi connectivity index (χ0) is 11.9. The van der Waals surface area contributed by atoms with Gasteiger partial charge in [-0.1, -0.05) is 18.2 Å². The summed E-state index contributed by atoms with van der Waals surface area (Å²) in [4.78, 5) is 0. The number of para-hydroxylation sites is 1. The lowest BCUT2D eigenvalue weighted by Crippen LogP contribution is -2.29. The van der Waals surface area contributed by atoms with Gasteiger partial charge in [-0.25, -0.2) is 0 Å². The minimum Gasteiger partial charge on any atom is -0.492 e. The van der Waals surface area contributed by atoms with Crippen LogP contribution in [0.15, 0.2) is 24.3 Å². The maximum Gasteiger partial charge on any atom is 0.147 e. The number of nitrogens with one attached hydrogen (secondary N) is 1. The van der Waals surface area contributed by atoms with E-state index < -0.39 is 0 Å². The van der Waals surface area contributed by atoms with Crippen LogP contribution in [0.3, 0.4) is 0 Å². The molecule has 0 saturated heterocycles. The molecular formula is C13H14N4O. The van der Waals surface area contributed by atoms with Gasteiger partial charge in [0.15, 0.2) is 0 Å². The van der Waals surface area contributed by atoms with E-state index in [-0.39, 0.29) is 5.92 Å². The molecule has 18 heavy (non-hydrogen) atoms. The predicted molar refractivity (Wildman–Crippen MR) is 65.5 cm³/mol. The Morgan fingerprint density at radius 3 is 3.22 bits per heavy atom. The Balaban J connectivity index is 1.79. The molecule has 1 aromatic carbocycles. The molecule has 1 atom stereocenters. The fourth-order valence-corrected chi connectivity index (χ4v) is 2.75. The average molecular weight is 242 g/mol. The third-order valence-corrected chi connectivity index (χ3v) is 3.66. The fraction of sp³-hybridized carbons (Fsp3) is 0.385. The van der Waals surface area contributed by atoms with Crippen LogP contribution in [0.2, 0.25) is 0 Å². The lowest BCUT2D eigenvalue weighted by molar-refractivity contribution is 0.335. The van der Waals surface area contributed by atoms with Crippen molar-refractivity contribution in [2.75, 3.05) is 13.2 Å². The largest absolute Gasteiger partial charge is 0.492 e. The second kappa shape index (κ2) is 3.81. The number of aromatic nitrogens is 3. The van der Waals surface area contributed by atoms with E-state index >= 15 is 0 Å². The highest BCUT2D eigenvalue weighted by atomic mass is 16.5. The van der Waals surface area contributed by atoms with Crippen LogP contribution in [0, 0.1) is 0 Å². The molecule has 1 N–H and O–H groups in total. The Morgan fingerprint density at radius 1 is 1.28 bits per heavy atom. The first kappa shape index (κ1) is 10.1. The van der Waals surface area contributed by atoms with Crippen molar-refractivity contribution in [3.05, 3.63) is 41.5 Å². The zero-order valence-corrected chi connectivity index (χ0v) is 9.97. The maximum absolute atomic E-state index is 5.73. The Kier molecular flexibility index (Phi) is 2.14. The lowest BCUT2D eigenvalue weighted by atomic mass is 10.0. The highest BCUT2D eigenvalue weighted by Crippen LogP contribution is 2.37. The normalized spacial score (nSPS) is 21.2. The van der Waals surface area contributed by atoms with Crippen molar-refractivity contribution in [1.29, 1.82) is 0 Å². The van der Waals surface area contributed by atoms with Crippen LogP contribution in [-0.2, 0) is 13.1 Å². The van der Waals surface area contributed by atoms with Gasteiger partial charge in [-0.3, -0.25) is 0 Å². The molecule has 0 spiro atoms. The minimum absolute atomic E-state index is 0.223. The van der Waals surface area contributed by atoms with E-state index in [4.69, 9.17) is 4.74 Å². The van der Waals surface area contributed by atoms with Gasteiger partial charge in [0, 0.05) is 18.7 Å². The molecule has 2 aliphatic rings. The van der Waals surface area contributed by atoms with Gasteiger partial charge in [0.25, 0.3) is 0 Å². The van der Waals surface area contributed by atoms with Crippen molar-refractivity contribution in [1.82, 2.24) is 20.1 Å². The van der Waals surface area contributed by atoms with Crippen LogP contribution in [0.1, 0.15) is 23.1 Å². The van der Waals surface area contributed by atoms with Gasteiger partial charge in [0.05, 0.1) is 12.5 Å². The Morgan fingerprint density at radius 2 is 2.22 bits per heavy atom. The second-order valence-corrected chi connectivity index (χ2v) is 4.70. The van der Waals surface area contributed by atoms with Crippen molar-refractivity contribution in [3.63, 3.8) is 0 Å². The zero-order valence-electron chi connectivity index (χ0n) is 9.97. The molecule has 2 aromatic rings. The minimum atomic E-state index is 0.223. The molecule has 0 amide bonds. The lowest BCUT2D eigenvalue weighted by Gasteiger charge is -2.18. The molecule has 1 unspecified atom stereocenters. The molecule has 0 bridgehead atoms. The van der Waals surface area contributed by atoms with Gasteiger partial charge in [-0.2, -0.15) is 0 Å². The monoisotopic (exact) mass is 242 g/mol. The second-order valence-electron chi connectivity index (χ2n) is 4.70. The fourth-order valence-electron chi connectivity index (χ4n) is 2.75. The molecule has 0 fully saturated rings. The SMILES string of the molecule is c1ccc2c(c1)OCC2c1nnc2n1CCNC2. The summed E-state index contributed by atoms with van der Waals surface area (Å²) in [6.45, 7) is 3.40. The molecule has 5 nitrogen and oxygen atoms in total. The van der Waals surface area contributed by atoms with E-state index in [1.807, 2.05) is 12.1 Å². The Hall–Kier alpha value is -1.88. The Labute approximate surface area is 105 Å². The van der Waals surface area contributed by atoms with Crippen LogP contribution in [-0.4, -0.2) is 27.9 Å². The first-order chi connectivity index (χ1) is 8.93. The Bertz CT molecular complexity index is 592. The number of rotatable bonds is 1. The first-order valence-electron chi connectivity index (χ1n) is 6.28. The topological polar surface area (TPSA) is 52.0 Å². The smallest absolute Gasteiger partial charge is 0.147 e. The molecule has 0 radical (unpaired) electrons. The summed E-state index contributed by atoms with van der Waals surface area (Å²) < 4.78 is 7.96. The van der Waals surface area contributed by atoms with Crippen molar-refractivity contribution in [2.45, 2.75) is 19.0 Å². The number of ether oxygens (including phenoxy) is 1. The molecule has 3 heterocycles. The molecule has 5 heteroatoms. The van der Waals surface area contributed by atoms with Gasteiger partial charge in [-0.15, -0.1) is 10.2 Å². The number of benzene rings is 1. The van der Waals surface area contributed by atoms with Crippen molar-refractivity contribution >= 4 is 0 Å². The van der Waals surface area contributed by atoms with E-state index in [2.05, 4.69) is 32.2 Å². The van der Waals surface area contributed by atoms with Crippen LogP contribution in [0.25, 0.3) is 0 Å². The molecule has 0 saturated carbocycles. The van der Waals surface area contributed by atoms with Crippen LogP contribution < -0.4 is 10.1 Å². The summed E-state index contributed by atoms with van der Waals surface area (Å²) in [7, 11) is 0. The molecule has 4 rings (SSSR count). The first-order valence-corrected chi connectivity index (χ1v) is 6.28. The summed E-state index contributed by atoms with van der Waals surface area (Å²) in [6, 6.07) is 8.19. The van der Waals surface area contributed by atoms with Gasteiger partial charge in [-0.05, 0) is 6.07 Å². The molecule has 2 aliphatic heterocycles. The standard InChI is InChI=1S/C13H14N4O/c1-2-4-11-9(3-1)10(8-18-11)13-16-15-12-7-14-5-6-17(12)13/h1-4,10,14H,5-8H2. The van der Waals surface area contributed by atoms with Crippen molar-refractivity contribution in [3.8, 4) is 5.75 Å². The van der Waals surface area contributed by atoms with Crippen LogP contribution in [0.4, 0.5) is 0 Å². The van der Waals surface area contributed by atoms with E-state index in [1.54, 1.807) is 0 Å². The van der Waals surface area contributed by atoms with Gasteiger partial charge in [0.1, 0.15) is 24.0 Å². The quantitative estimate of drug-likeness (QED) is 0.807.